The second-order valence-electron chi connectivity index (χ2n) is 11.9. The molecular weight excluding hydrogens is 607 g/mol. The normalized spacial score (nSPS) is 11.8. The number of pyridine rings is 1. The Balaban J connectivity index is 1.39. The fourth-order valence-electron chi connectivity index (χ4n) is 6.45. The quantitative estimate of drug-likeness (QED) is 0.197. The van der Waals surface area contributed by atoms with E-state index in [0.29, 0.717) is 5.56 Å². The Morgan fingerprint density at radius 1 is 0.667 bits per heavy atom. The van der Waals surface area contributed by atoms with E-state index in [2.05, 4.69) is 85.8 Å². The molecule has 228 valence electrons. The van der Waals surface area contributed by atoms with Crippen molar-refractivity contribution in [1.82, 2.24) is 9.97 Å². The van der Waals surface area contributed by atoms with Gasteiger partial charge in [0.05, 0.1) is 27.0 Å². The minimum Gasteiger partial charge on any atom is -0.507 e. The van der Waals surface area contributed by atoms with E-state index in [1.165, 1.54) is 11.1 Å². The first-order valence-corrected chi connectivity index (χ1v) is 16.7. The highest BCUT2D eigenvalue weighted by molar-refractivity contribution is 7.21. The summed E-state index contributed by atoms with van der Waals surface area (Å²) in [7, 11) is 0. The molecule has 8 aromatic rings. The first kappa shape index (κ1) is 29.3. The average Bonchev–Trinajstić information content (AvgIpc) is 3.58. The average molecular weight is 636 g/mol. The minimum atomic E-state index is 0.146. The summed E-state index contributed by atoms with van der Waals surface area (Å²) in [4.78, 5) is 9.97. The molecule has 4 nitrogen and oxygen atoms in total. The first-order chi connectivity index (χ1) is 23.6. The van der Waals surface area contributed by atoms with Crippen molar-refractivity contribution in [2.24, 2.45) is 0 Å². The van der Waals surface area contributed by atoms with E-state index >= 15 is 0 Å². The Bertz CT molecular complexity index is 2500. The molecule has 0 fully saturated rings. The molecule has 1 unspecified atom stereocenters. The third kappa shape index (κ3) is 5.29. The number of fused-ring (bicyclic) bond motifs is 2. The molecule has 2 aromatic heterocycles. The van der Waals surface area contributed by atoms with Crippen LogP contribution in [-0.4, -0.2) is 15.1 Å². The van der Waals surface area contributed by atoms with Gasteiger partial charge in [0, 0.05) is 28.8 Å². The first-order valence-electron chi connectivity index (χ1n) is 15.8. The number of para-hydroxylation sites is 1. The monoisotopic (exact) mass is 635 g/mol. The van der Waals surface area contributed by atoms with Crippen LogP contribution in [0.2, 0.25) is 0 Å². The van der Waals surface area contributed by atoms with Crippen LogP contribution in [0, 0.1) is 11.3 Å². The summed E-state index contributed by atoms with van der Waals surface area (Å²) in [6.07, 6.45) is 1.67. The zero-order valence-corrected chi connectivity index (χ0v) is 26.9. The van der Waals surface area contributed by atoms with Gasteiger partial charge in [-0.3, -0.25) is 4.98 Å². The lowest BCUT2D eigenvalue weighted by molar-refractivity contribution is 0.477. The van der Waals surface area contributed by atoms with Crippen molar-refractivity contribution < 1.29 is 5.11 Å². The van der Waals surface area contributed by atoms with Gasteiger partial charge >= 0.3 is 0 Å². The van der Waals surface area contributed by atoms with E-state index in [4.69, 9.17) is 9.97 Å². The van der Waals surface area contributed by atoms with Gasteiger partial charge < -0.3 is 5.11 Å². The SMILES string of the molecule is CC(c1ccccc1)c1cc(-c2cc(-c3cc(-c4ccccc4)c(C#N)cn3)cc3ccccc23)c2nc(-c3ccccc3O)sc2c1. The molecule has 48 heavy (non-hydrogen) atoms. The molecule has 0 aliphatic rings. The highest BCUT2D eigenvalue weighted by Gasteiger charge is 2.20. The highest BCUT2D eigenvalue weighted by atomic mass is 32.1. The lowest BCUT2D eigenvalue weighted by Gasteiger charge is -2.17. The van der Waals surface area contributed by atoms with Gasteiger partial charge in [0.1, 0.15) is 16.8 Å². The minimum absolute atomic E-state index is 0.146. The molecule has 0 aliphatic heterocycles. The summed E-state index contributed by atoms with van der Waals surface area (Å²) in [5, 5.41) is 23.6. The lowest BCUT2D eigenvalue weighted by Crippen LogP contribution is -1.97. The third-order valence-electron chi connectivity index (χ3n) is 9.01. The fourth-order valence-corrected chi connectivity index (χ4v) is 7.53. The predicted octanol–water partition coefficient (Wildman–Crippen LogP) is 11.2. The van der Waals surface area contributed by atoms with Crippen molar-refractivity contribution in [1.29, 1.82) is 5.26 Å². The molecule has 1 atom stereocenters. The number of aromatic nitrogens is 2. The standard InChI is InChI=1S/C43H29N3OS/c1-27(28-12-4-2-5-13-28)31-21-38(42-41(23-31)48-43(46-42)35-18-10-11-19-40(35)47)37-22-32(20-30-16-8-9-17-34(30)37)39-24-36(33(25-44)26-45-39)29-14-6-3-7-15-29/h2-24,26-27,47H,1H3. The second kappa shape index (κ2) is 12.3. The van der Waals surface area contributed by atoms with E-state index in [0.717, 1.165) is 65.1 Å². The van der Waals surface area contributed by atoms with Crippen LogP contribution >= 0.6 is 11.3 Å². The van der Waals surface area contributed by atoms with Crippen LogP contribution in [0.15, 0.2) is 146 Å². The maximum Gasteiger partial charge on any atom is 0.128 e. The Labute approximate surface area is 282 Å². The number of hydrogen-bond donors (Lipinski definition) is 1. The van der Waals surface area contributed by atoms with Crippen molar-refractivity contribution in [2.75, 3.05) is 0 Å². The zero-order valence-electron chi connectivity index (χ0n) is 26.1. The molecule has 0 saturated heterocycles. The number of phenolic OH excluding ortho intramolecular Hbond substituents is 1. The van der Waals surface area contributed by atoms with Crippen molar-refractivity contribution >= 4 is 32.3 Å². The van der Waals surface area contributed by atoms with E-state index in [9.17, 15) is 10.4 Å². The molecular formula is C43H29N3OS. The van der Waals surface area contributed by atoms with Gasteiger partial charge in [-0.1, -0.05) is 104 Å². The Morgan fingerprint density at radius 2 is 1.40 bits per heavy atom. The van der Waals surface area contributed by atoms with Gasteiger partial charge in [0.15, 0.2) is 0 Å². The molecule has 6 aromatic carbocycles. The van der Waals surface area contributed by atoms with Crippen LogP contribution in [0.25, 0.3) is 65.1 Å². The molecule has 0 radical (unpaired) electrons. The van der Waals surface area contributed by atoms with Crippen molar-refractivity contribution in [3.05, 3.63) is 162 Å². The number of rotatable bonds is 6. The summed E-state index contributed by atoms with van der Waals surface area (Å²) < 4.78 is 1.06. The number of hydrogen-bond acceptors (Lipinski definition) is 5. The largest absolute Gasteiger partial charge is 0.507 e. The molecule has 0 spiro atoms. The van der Waals surface area contributed by atoms with E-state index in [-0.39, 0.29) is 11.7 Å². The van der Waals surface area contributed by atoms with Crippen LogP contribution in [-0.2, 0) is 0 Å². The van der Waals surface area contributed by atoms with Crippen LogP contribution in [0.4, 0.5) is 0 Å². The maximum absolute atomic E-state index is 10.8. The van der Waals surface area contributed by atoms with Crippen molar-refractivity contribution in [2.45, 2.75) is 12.8 Å². The molecule has 0 saturated carbocycles. The number of thiazole rings is 1. The van der Waals surface area contributed by atoms with Gasteiger partial charge in [0.25, 0.3) is 0 Å². The maximum atomic E-state index is 10.8. The van der Waals surface area contributed by atoms with Crippen LogP contribution in [0.3, 0.4) is 0 Å². The second-order valence-corrected chi connectivity index (χ2v) is 13.0. The van der Waals surface area contributed by atoms with Gasteiger partial charge in [-0.2, -0.15) is 5.26 Å². The molecule has 1 N–H and O–H groups in total. The zero-order chi connectivity index (χ0) is 32.6. The van der Waals surface area contributed by atoms with Gasteiger partial charge in [-0.25, -0.2) is 4.98 Å². The lowest BCUT2D eigenvalue weighted by atomic mass is 9.88. The molecule has 0 aliphatic carbocycles. The number of aromatic hydroxyl groups is 1. The number of benzene rings is 6. The van der Waals surface area contributed by atoms with E-state index in [1.807, 2.05) is 60.7 Å². The summed E-state index contributed by atoms with van der Waals surface area (Å²) in [5.74, 6) is 0.359. The van der Waals surface area contributed by atoms with E-state index in [1.54, 1.807) is 23.6 Å². The molecule has 8 rings (SSSR count). The Morgan fingerprint density at radius 3 is 2.19 bits per heavy atom. The van der Waals surface area contributed by atoms with Gasteiger partial charge in [0.2, 0.25) is 0 Å². The topological polar surface area (TPSA) is 69.8 Å². The summed E-state index contributed by atoms with van der Waals surface area (Å²) in [6, 6.07) is 49.6. The van der Waals surface area contributed by atoms with Crippen LogP contribution in [0.5, 0.6) is 5.75 Å². The summed E-state index contributed by atoms with van der Waals surface area (Å²) >= 11 is 1.60. The number of nitrogens with zero attached hydrogens (tertiary/aromatic N) is 3. The summed E-state index contributed by atoms with van der Waals surface area (Å²) in [6.45, 7) is 2.24. The fraction of sp³-hybridized carbons (Fsp3) is 0.0465. The van der Waals surface area contributed by atoms with Gasteiger partial charge in [-0.05, 0) is 75.5 Å². The van der Waals surface area contributed by atoms with Gasteiger partial charge in [-0.15, -0.1) is 11.3 Å². The van der Waals surface area contributed by atoms with Crippen LogP contribution in [0.1, 0.15) is 29.5 Å². The highest BCUT2D eigenvalue weighted by Crippen LogP contribution is 2.44. The molecule has 5 heteroatoms. The van der Waals surface area contributed by atoms with Crippen LogP contribution < -0.4 is 0 Å². The summed E-state index contributed by atoms with van der Waals surface area (Å²) in [5.41, 5.74) is 10.2. The Hall–Kier alpha value is -6.09. The predicted molar refractivity (Wildman–Crippen MR) is 197 cm³/mol. The number of phenols is 1. The Kier molecular flexibility index (Phi) is 7.49. The van der Waals surface area contributed by atoms with E-state index < -0.39 is 0 Å². The van der Waals surface area contributed by atoms with Crippen molar-refractivity contribution in [3.63, 3.8) is 0 Å². The number of nitriles is 1. The third-order valence-corrected chi connectivity index (χ3v) is 10.0. The molecule has 2 heterocycles. The molecule has 0 bridgehead atoms. The van der Waals surface area contributed by atoms with Crippen molar-refractivity contribution in [3.8, 4) is 55.9 Å². The molecule has 0 amide bonds. The smallest absolute Gasteiger partial charge is 0.128 e.